The topological polar surface area (TPSA) is 43.8 Å². The Labute approximate surface area is 87.1 Å². The Morgan fingerprint density at radius 2 is 2.00 bits per heavy atom. The van der Waals surface area contributed by atoms with Crippen molar-refractivity contribution in [3.8, 4) is 0 Å². The Hall–Kier alpha value is -0.390. The van der Waals surface area contributed by atoms with E-state index in [2.05, 4.69) is 5.10 Å². The van der Waals surface area contributed by atoms with E-state index in [0.717, 1.165) is 0 Å². The second kappa shape index (κ2) is 7.06. The van der Waals surface area contributed by atoms with E-state index in [0.29, 0.717) is 0 Å². The van der Waals surface area contributed by atoms with Crippen LogP contribution in [-0.2, 0) is 0 Å². The molecule has 0 aliphatic heterocycles. The Kier molecular flexibility index (Phi) is 8.20. The molecule has 1 aromatic heterocycles. The number of nitrogens with two attached hydrogens (primary N) is 1. The van der Waals surface area contributed by atoms with Crippen molar-refractivity contribution in [2.45, 2.75) is 12.5 Å². The predicted molar refractivity (Wildman–Crippen MR) is 50.8 cm³/mol. The molecule has 1 aromatic rings. The maximum atomic E-state index is 12.1. The molecule has 3 nitrogen and oxygen atoms in total. The van der Waals surface area contributed by atoms with E-state index >= 15 is 0 Å². The van der Waals surface area contributed by atoms with Gasteiger partial charge in [-0.1, -0.05) is 0 Å². The van der Waals surface area contributed by atoms with Gasteiger partial charge in [0.25, 0.3) is 6.43 Å². The summed E-state index contributed by atoms with van der Waals surface area (Å²) >= 11 is 0. The van der Waals surface area contributed by atoms with Gasteiger partial charge in [0.15, 0.2) is 0 Å². The molecule has 0 fully saturated rings. The molecule has 0 saturated carbocycles. The fraction of sp³-hybridized carbons (Fsp3) is 0.500. The van der Waals surface area contributed by atoms with Crippen LogP contribution < -0.4 is 5.73 Å². The van der Waals surface area contributed by atoms with Crippen LogP contribution in [0.15, 0.2) is 18.5 Å². The largest absolute Gasteiger partial charge is 0.328 e. The van der Waals surface area contributed by atoms with Crippen LogP contribution in [0.3, 0.4) is 0 Å². The summed E-state index contributed by atoms with van der Waals surface area (Å²) in [6.07, 6.45) is 0.467. The highest BCUT2D eigenvalue weighted by Gasteiger charge is 2.19. The lowest BCUT2D eigenvalue weighted by Gasteiger charge is -2.13. The molecule has 0 aliphatic carbocycles. The Morgan fingerprint density at radius 3 is 2.31 bits per heavy atom. The first-order valence-corrected chi connectivity index (χ1v) is 3.23. The smallest absolute Gasteiger partial charge is 0.261 e. The van der Waals surface area contributed by atoms with Gasteiger partial charge >= 0.3 is 0 Å². The van der Waals surface area contributed by atoms with E-state index in [-0.39, 0.29) is 31.4 Å². The summed E-state index contributed by atoms with van der Waals surface area (Å²) in [6, 6.07) is 0.593. The number of alkyl halides is 2. The lowest BCUT2D eigenvalue weighted by molar-refractivity contribution is 0.0805. The minimum absolute atomic E-state index is 0. The minimum Gasteiger partial charge on any atom is -0.328 e. The number of hydrogen-bond donors (Lipinski definition) is 1. The third-order valence-electron chi connectivity index (χ3n) is 1.40. The zero-order valence-electron chi connectivity index (χ0n) is 6.64. The van der Waals surface area contributed by atoms with Crippen molar-refractivity contribution < 1.29 is 8.78 Å². The number of nitrogens with zero attached hydrogens (tertiary/aromatic N) is 2. The van der Waals surface area contributed by atoms with E-state index in [4.69, 9.17) is 5.73 Å². The van der Waals surface area contributed by atoms with Crippen molar-refractivity contribution >= 4 is 24.8 Å². The van der Waals surface area contributed by atoms with Gasteiger partial charge in [0, 0.05) is 18.9 Å². The second-order valence-electron chi connectivity index (χ2n) is 2.12. The highest BCUT2D eigenvalue weighted by atomic mass is 35.5. The van der Waals surface area contributed by atoms with Crippen LogP contribution in [0.1, 0.15) is 6.04 Å². The van der Waals surface area contributed by atoms with Crippen molar-refractivity contribution in [3.63, 3.8) is 0 Å². The number of rotatable bonds is 3. The summed E-state index contributed by atoms with van der Waals surface area (Å²) < 4.78 is 25.4. The summed E-state index contributed by atoms with van der Waals surface area (Å²) in [5.41, 5.74) is 5.12. The molecule has 0 amide bonds. The Bertz CT molecular complexity index is 206. The Balaban J connectivity index is 0. The van der Waals surface area contributed by atoms with Gasteiger partial charge in [-0.05, 0) is 6.07 Å². The molecule has 0 bridgehead atoms. The maximum Gasteiger partial charge on any atom is 0.261 e. The molecule has 0 aliphatic rings. The molecule has 7 heteroatoms. The summed E-state index contributed by atoms with van der Waals surface area (Å²) in [7, 11) is 0. The van der Waals surface area contributed by atoms with Crippen LogP contribution in [0, 0.1) is 0 Å². The molecular formula is C6H11Cl2F2N3. The molecule has 0 radical (unpaired) electrons. The summed E-state index contributed by atoms with van der Waals surface area (Å²) in [6.45, 7) is -0.0979. The normalized spacial score (nSPS) is 11.7. The zero-order chi connectivity index (χ0) is 8.27. The van der Waals surface area contributed by atoms with Gasteiger partial charge in [0.05, 0.1) is 0 Å². The van der Waals surface area contributed by atoms with E-state index in [9.17, 15) is 8.78 Å². The molecular weight excluding hydrogens is 223 g/mol. The average Bonchev–Trinajstić information content (AvgIpc) is 2.40. The van der Waals surface area contributed by atoms with Crippen molar-refractivity contribution in [1.29, 1.82) is 0 Å². The van der Waals surface area contributed by atoms with Gasteiger partial charge < -0.3 is 5.73 Å². The van der Waals surface area contributed by atoms with Gasteiger partial charge in [-0.25, -0.2) is 8.78 Å². The Morgan fingerprint density at radius 1 is 1.38 bits per heavy atom. The van der Waals surface area contributed by atoms with Crippen LogP contribution in [0.2, 0.25) is 0 Å². The van der Waals surface area contributed by atoms with Crippen LogP contribution in [-0.4, -0.2) is 22.8 Å². The van der Waals surface area contributed by atoms with Crippen molar-refractivity contribution in [2.24, 2.45) is 5.73 Å². The first kappa shape index (κ1) is 15.1. The van der Waals surface area contributed by atoms with Crippen molar-refractivity contribution in [2.75, 3.05) is 6.54 Å². The first-order chi connectivity index (χ1) is 5.25. The standard InChI is InChI=1S/C6H9F2N3.2ClH/c7-6(8)5(4-9)11-3-1-2-10-11;;/h1-3,5-6H,4,9H2;2*1H. The number of aromatic nitrogens is 2. The molecule has 1 rings (SSSR count). The quantitative estimate of drug-likeness (QED) is 0.860. The average molecular weight is 234 g/mol. The fourth-order valence-electron chi connectivity index (χ4n) is 0.803. The van der Waals surface area contributed by atoms with Crippen LogP contribution >= 0.6 is 24.8 Å². The van der Waals surface area contributed by atoms with Gasteiger partial charge in [-0.15, -0.1) is 24.8 Å². The van der Waals surface area contributed by atoms with Gasteiger partial charge in [-0.2, -0.15) is 5.10 Å². The van der Waals surface area contributed by atoms with E-state index < -0.39 is 12.5 Å². The molecule has 0 aromatic carbocycles. The second-order valence-corrected chi connectivity index (χ2v) is 2.12. The highest BCUT2D eigenvalue weighted by Crippen LogP contribution is 2.12. The summed E-state index contributed by atoms with van der Waals surface area (Å²) in [5.74, 6) is 0. The van der Waals surface area contributed by atoms with Gasteiger partial charge in [0.2, 0.25) is 0 Å². The zero-order valence-corrected chi connectivity index (χ0v) is 8.27. The predicted octanol–water partition coefficient (Wildman–Crippen LogP) is 1.49. The number of hydrogen-bond acceptors (Lipinski definition) is 2. The lowest BCUT2D eigenvalue weighted by Crippen LogP contribution is -2.25. The molecule has 0 saturated heterocycles. The molecule has 0 spiro atoms. The monoisotopic (exact) mass is 233 g/mol. The van der Waals surface area contributed by atoms with Gasteiger partial charge in [0.1, 0.15) is 6.04 Å². The lowest BCUT2D eigenvalue weighted by atomic mass is 10.3. The maximum absolute atomic E-state index is 12.1. The molecule has 1 unspecified atom stereocenters. The molecule has 2 N–H and O–H groups in total. The third kappa shape index (κ3) is 3.89. The third-order valence-corrected chi connectivity index (χ3v) is 1.40. The van der Waals surface area contributed by atoms with Crippen molar-refractivity contribution in [1.82, 2.24) is 9.78 Å². The highest BCUT2D eigenvalue weighted by molar-refractivity contribution is 5.85. The van der Waals surface area contributed by atoms with E-state index in [1.54, 1.807) is 6.07 Å². The summed E-state index contributed by atoms with van der Waals surface area (Å²) in [5, 5.41) is 3.67. The number of halogens is 4. The molecule has 1 atom stereocenters. The van der Waals surface area contributed by atoms with Crippen LogP contribution in [0.4, 0.5) is 8.78 Å². The molecule has 13 heavy (non-hydrogen) atoms. The van der Waals surface area contributed by atoms with Crippen molar-refractivity contribution in [3.05, 3.63) is 18.5 Å². The molecule has 1 heterocycles. The van der Waals surface area contributed by atoms with E-state index in [1.165, 1.54) is 17.1 Å². The first-order valence-electron chi connectivity index (χ1n) is 3.23. The minimum atomic E-state index is -2.46. The molecule has 78 valence electrons. The SMILES string of the molecule is Cl.Cl.NCC(C(F)F)n1cccn1. The van der Waals surface area contributed by atoms with E-state index in [1.807, 2.05) is 0 Å². The van der Waals surface area contributed by atoms with Crippen LogP contribution in [0.5, 0.6) is 0 Å². The van der Waals surface area contributed by atoms with Gasteiger partial charge in [-0.3, -0.25) is 4.68 Å². The summed E-state index contributed by atoms with van der Waals surface area (Å²) in [4.78, 5) is 0. The van der Waals surface area contributed by atoms with Crippen LogP contribution in [0.25, 0.3) is 0 Å². The fourth-order valence-corrected chi connectivity index (χ4v) is 0.803.